The second-order valence-corrected chi connectivity index (χ2v) is 3.13. The molecule has 0 saturated carbocycles. The second kappa shape index (κ2) is 3.57. The third kappa shape index (κ3) is 1.39. The minimum atomic E-state index is -0.225. The van der Waals surface area contributed by atoms with Crippen molar-refractivity contribution >= 4 is 11.6 Å². The number of nitrogens with zero attached hydrogens (tertiary/aromatic N) is 3. The Hall–Kier alpha value is -1.71. The molecule has 0 radical (unpaired) electrons. The van der Waals surface area contributed by atoms with Crippen LogP contribution in [0.15, 0.2) is 40.7 Å². The number of carbonyl (C=O) groups is 1. The van der Waals surface area contributed by atoms with E-state index in [9.17, 15) is 4.79 Å². The molecular weight excluding hydrogens is 178 g/mol. The lowest BCUT2D eigenvalue weighted by atomic mass is 10.2. The normalized spacial score (nSPS) is 20.5. The molecule has 1 atom stereocenters. The first-order valence-corrected chi connectivity index (χ1v) is 4.62. The zero-order valence-corrected chi connectivity index (χ0v) is 7.92. The fourth-order valence-electron chi connectivity index (χ4n) is 1.49. The highest BCUT2D eigenvalue weighted by atomic mass is 16.2. The van der Waals surface area contributed by atoms with E-state index >= 15 is 0 Å². The van der Waals surface area contributed by atoms with Crippen LogP contribution in [0.4, 0.5) is 5.69 Å². The van der Waals surface area contributed by atoms with E-state index in [0.717, 1.165) is 12.1 Å². The topological polar surface area (TPSA) is 45.0 Å². The van der Waals surface area contributed by atoms with E-state index < -0.39 is 0 Å². The standard InChI is InChI=1S/C10H11N3O/c1-2-9-10(14)11-12-13(9)8-6-4-3-5-7-8/h3-7,9H,2H2,1H3. The lowest BCUT2D eigenvalue weighted by molar-refractivity contribution is -0.118. The van der Waals surface area contributed by atoms with Gasteiger partial charge in [0, 0.05) is 0 Å². The zero-order valence-electron chi connectivity index (χ0n) is 7.92. The van der Waals surface area contributed by atoms with Gasteiger partial charge < -0.3 is 0 Å². The van der Waals surface area contributed by atoms with Gasteiger partial charge in [-0.05, 0) is 18.6 Å². The van der Waals surface area contributed by atoms with Gasteiger partial charge in [-0.3, -0.25) is 4.79 Å². The summed E-state index contributed by atoms with van der Waals surface area (Å²) in [7, 11) is 0. The van der Waals surface area contributed by atoms with Gasteiger partial charge >= 0.3 is 0 Å². The van der Waals surface area contributed by atoms with Crippen LogP contribution in [0.1, 0.15) is 13.3 Å². The van der Waals surface area contributed by atoms with Crippen molar-refractivity contribution in [3.05, 3.63) is 30.3 Å². The van der Waals surface area contributed by atoms with Gasteiger partial charge in [0.15, 0.2) is 0 Å². The largest absolute Gasteiger partial charge is 0.290 e. The van der Waals surface area contributed by atoms with Gasteiger partial charge in [0.05, 0.1) is 5.69 Å². The number of anilines is 1. The van der Waals surface area contributed by atoms with Crippen LogP contribution < -0.4 is 5.01 Å². The van der Waals surface area contributed by atoms with Crippen molar-refractivity contribution < 1.29 is 4.79 Å². The molecule has 1 aromatic carbocycles. The summed E-state index contributed by atoms with van der Waals surface area (Å²) in [4.78, 5) is 11.3. The molecule has 4 heteroatoms. The minimum absolute atomic E-state index is 0.156. The fourth-order valence-corrected chi connectivity index (χ4v) is 1.49. The molecule has 2 rings (SSSR count). The quantitative estimate of drug-likeness (QED) is 0.715. The SMILES string of the molecule is CCC1C(=O)N=NN1c1ccccc1. The zero-order chi connectivity index (χ0) is 9.97. The summed E-state index contributed by atoms with van der Waals surface area (Å²) in [5.41, 5.74) is 0.911. The summed E-state index contributed by atoms with van der Waals surface area (Å²) in [5.74, 6) is -0.156. The Kier molecular flexibility index (Phi) is 2.26. The van der Waals surface area contributed by atoms with Crippen LogP contribution in [0.3, 0.4) is 0 Å². The third-order valence-corrected chi connectivity index (χ3v) is 2.23. The molecule has 14 heavy (non-hydrogen) atoms. The van der Waals surface area contributed by atoms with Crippen molar-refractivity contribution in [3.63, 3.8) is 0 Å². The van der Waals surface area contributed by atoms with Crippen LogP contribution >= 0.6 is 0 Å². The van der Waals surface area contributed by atoms with Crippen LogP contribution in [0.5, 0.6) is 0 Å². The van der Waals surface area contributed by atoms with Crippen molar-refractivity contribution in [2.24, 2.45) is 10.3 Å². The highest BCUT2D eigenvalue weighted by Gasteiger charge is 2.29. The van der Waals surface area contributed by atoms with E-state index in [1.165, 1.54) is 0 Å². The Morgan fingerprint density at radius 1 is 1.36 bits per heavy atom. The second-order valence-electron chi connectivity index (χ2n) is 3.13. The lowest BCUT2D eigenvalue weighted by Gasteiger charge is -2.18. The molecule has 1 amide bonds. The third-order valence-electron chi connectivity index (χ3n) is 2.23. The summed E-state index contributed by atoms with van der Waals surface area (Å²) in [5, 5.41) is 9.08. The Balaban J connectivity index is 2.28. The average Bonchev–Trinajstić information content (AvgIpc) is 2.61. The first-order valence-electron chi connectivity index (χ1n) is 4.62. The van der Waals surface area contributed by atoms with E-state index in [1.807, 2.05) is 37.3 Å². The van der Waals surface area contributed by atoms with Crippen LogP contribution in [-0.2, 0) is 4.79 Å². The number of benzene rings is 1. The molecule has 0 fully saturated rings. The molecule has 1 aromatic rings. The average molecular weight is 189 g/mol. The Morgan fingerprint density at radius 3 is 2.71 bits per heavy atom. The van der Waals surface area contributed by atoms with Gasteiger partial charge in [0.2, 0.25) is 0 Å². The molecule has 1 aliphatic rings. The monoisotopic (exact) mass is 189 g/mol. The van der Waals surface area contributed by atoms with Crippen LogP contribution in [0.2, 0.25) is 0 Å². The van der Waals surface area contributed by atoms with Crippen LogP contribution in [-0.4, -0.2) is 11.9 Å². The van der Waals surface area contributed by atoms with Crippen molar-refractivity contribution in [3.8, 4) is 0 Å². The van der Waals surface area contributed by atoms with Crippen molar-refractivity contribution in [2.75, 3.05) is 5.01 Å². The highest BCUT2D eigenvalue weighted by molar-refractivity contribution is 5.87. The number of para-hydroxylation sites is 1. The first-order chi connectivity index (χ1) is 6.83. The highest BCUT2D eigenvalue weighted by Crippen LogP contribution is 2.23. The van der Waals surface area contributed by atoms with E-state index in [2.05, 4.69) is 10.3 Å². The molecule has 0 bridgehead atoms. The van der Waals surface area contributed by atoms with Gasteiger partial charge in [0.25, 0.3) is 5.91 Å². The van der Waals surface area contributed by atoms with Gasteiger partial charge in [-0.1, -0.05) is 35.5 Å². The Bertz CT molecular complexity index is 361. The van der Waals surface area contributed by atoms with E-state index in [0.29, 0.717) is 0 Å². The van der Waals surface area contributed by atoms with Gasteiger partial charge in [-0.15, -0.1) is 0 Å². The maximum absolute atomic E-state index is 11.3. The number of hydrogen-bond donors (Lipinski definition) is 0. The van der Waals surface area contributed by atoms with E-state index in [1.54, 1.807) is 5.01 Å². The predicted molar refractivity (Wildman–Crippen MR) is 52.9 cm³/mol. The van der Waals surface area contributed by atoms with Gasteiger partial charge in [-0.2, -0.15) is 0 Å². The molecule has 4 nitrogen and oxygen atoms in total. The van der Waals surface area contributed by atoms with Gasteiger partial charge in [0.1, 0.15) is 6.04 Å². The van der Waals surface area contributed by atoms with Gasteiger partial charge in [-0.25, -0.2) is 5.01 Å². The molecule has 0 aromatic heterocycles. The molecule has 0 spiro atoms. The maximum atomic E-state index is 11.3. The number of carbonyl (C=O) groups excluding carboxylic acids is 1. The lowest BCUT2D eigenvalue weighted by Crippen LogP contribution is -2.30. The van der Waals surface area contributed by atoms with Crippen molar-refractivity contribution in [1.29, 1.82) is 0 Å². The molecule has 72 valence electrons. The van der Waals surface area contributed by atoms with Crippen molar-refractivity contribution in [2.45, 2.75) is 19.4 Å². The summed E-state index contributed by atoms with van der Waals surface area (Å²) in [6, 6.07) is 9.37. The first kappa shape index (κ1) is 8.87. The van der Waals surface area contributed by atoms with Crippen LogP contribution in [0.25, 0.3) is 0 Å². The molecular formula is C10H11N3O. The minimum Gasteiger partial charge on any atom is -0.268 e. The molecule has 0 N–H and O–H groups in total. The Morgan fingerprint density at radius 2 is 2.07 bits per heavy atom. The van der Waals surface area contributed by atoms with Crippen molar-refractivity contribution in [1.82, 2.24) is 0 Å². The summed E-state index contributed by atoms with van der Waals surface area (Å²) in [6.45, 7) is 1.95. The fraction of sp³-hybridized carbons (Fsp3) is 0.300. The number of hydrogen-bond acceptors (Lipinski definition) is 3. The number of amides is 1. The van der Waals surface area contributed by atoms with E-state index in [4.69, 9.17) is 0 Å². The predicted octanol–water partition coefficient (Wildman–Crippen LogP) is 2.18. The summed E-state index contributed by atoms with van der Waals surface area (Å²) in [6.07, 6.45) is 0.723. The molecule has 1 heterocycles. The Labute approximate surface area is 82.2 Å². The smallest absolute Gasteiger partial charge is 0.268 e. The maximum Gasteiger partial charge on any atom is 0.290 e. The number of rotatable bonds is 2. The molecule has 0 saturated heterocycles. The van der Waals surface area contributed by atoms with Crippen LogP contribution in [0, 0.1) is 0 Å². The molecule has 0 aliphatic carbocycles. The summed E-state index contributed by atoms with van der Waals surface area (Å²) < 4.78 is 0. The summed E-state index contributed by atoms with van der Waals surface area (Å²) >= 11 is 0. The van der Waals surface area contributed by atoms with E-state index in [-0.39, 0.29) is 11.9 Å². The molecule has 1 aliphatic heterocycles. The molecule has 1 unspecified atom stereocenters.